The number of benzene rings is 3. The van der Waals surface area contributed by atoms with E-state index in [1.165, 1.54) is 18.3 Å². The Morgan fingerprint density at radius 2 is 1.64 bits per heavy atom. The molecule has 0 saturated carbocycles. The molecule has 2 N–H and O–H groups in total. The van der Waals surface area contributed by atoms with Gasteiger partial charge in [-0.1, -0.05) is 61.9 Å². The molecule has 0 aromatic heterocycles. The van der Waals surface area contributed by atoms with Crippen molar-refractivity contribution >= 4 is 54.0 Å². The van der Waals surface area contributed by atoms with Crippen LogP contribution in [0, 0.1) is 12.8 Å². The highest BCUT2D eigenvalue weighted by atomic mass is 79.9. The lowest BCUT2D eigenvalue weighted by Gasteiger charge is -2.20. The first kappa shape index (κ1) is 28.0. The molecular weight excluding hydrogens is 610 g/mol. The second kappa shape index (κ2) is 12.6. The van der Waals surface area contributed by atoms with Gasteiger partial charge in [-0.2, -0.15) is 9.82 Å². The number of ether oxygens (including phenoxy) is 1. The van der Waals surface area contributed by atoms with Gasteiger partial charge in [0.15, 0.2) is 0 Å². The Labute approximate surface area is 228 Å². The molecular formula is C26H27Br2N3O4S. The molecule has 0 saturated heterocycles. The minimum Gasteiger partial charge on any atom is -0.487 e. The number of nitrogens with zero attached hydrogens (tertiary/aromatic N) is 1. The maximum atomic E-state index is 12.8. The van der Waals surface area contributed by atoms with Crippen LogP contribution in [0.2, 0.25) is 0 Å². The maximum Gasteiger partial charge on any atom is 0.258 e. The second-order valence-electron chi connectivity index (χ2n) is 8.48. The van der Waals surface area contributed by atoms with Gasteiger partial charge in [0.25, 0.3) is 5.91 Å². The highest BCUT2D eigenvalue weighted by Gasteiger charge is 2.28. The maximum absolute atomic E-state index is 12.8. The van der Waals surface area contributed by atoms with E-state index in [2.05, 4.69) is 47.1 Å². The van der Waals surface area contributed by atoms with Crippen LogP contribution in [0.25, 0.3) is 0 Å². The normalized spacial score (nSPS) is 12.6. The fourth-order valence-electron chi connectivity index (χ4n) is 3.21. The summed E-state index contributed by atoms with van der Waals surface area (Å²) in [5, 5.41) is 4.02. The molecule has 3 rings (SSSR count). The molecule has 0 bridgehead atoms. The first-order chi connectivity index (χ1) is 17.1. The molecule has 10 heteroatoms. The van der Waals surface area contributed by atoms with Crippen LogP contribution >= 0.6 is 31.9 Å². The number of hydrogen-bond acceptors (Lipinski definition) is 5. The summed E-state index contributed by atoms with van der Waals surface area (Å²) in [6.07, 6.45) is 1.47. The van der Waals surface area contributed by atoms with Crippen LogP contribution in [0.3, 0.4) is 0 Å². The van der Waals surface area contributed by atoms with Gasteiger partial charge in [-0.25, -0.2) is 13.8 Å². The number of carbonyl (C=O) groups excluding carboxylic acids is 1. The van der Waals surface area contributed by atoms with E-state index in [1.54, 1.807) is 38.1 Å². The molecule has 0 heterocycles. The van der Waals surface area contributed by atoms with E-state index in [-0.39, 0.29) is 10.8 Å². The molecule has 7 nitrogen and oxygen atoms in total. The fourth-order valence-corrected chi connectivity index (χ4v) is 6.00. The average molecular weight is 637 g/mol. The molecule has 0 aliphatic carbocycles. The van der Waals surface area contributed by atoms with Crippen LogP contribution in [0.5, 0.6) is 5.75 Å². The van der Waals surface area contributed by atoms with Gasteiger partial charge in [-0.3, -0.25) is 4.79 Å². The van der Waals surface area contributed by atoms with Crippen LogP contribution in [-0.2, 0) is 21.4 Å². The first-order valence-electron chi connectivity index (χ1n) is 11.1. The Hall–Kier alpha value is -2.53. The van der Waals surface area contributed by atoms with Crippen molar-refractivity contribution in [2.45, 2.75) is 38.3 Å². The molecule has 0 aliphatic heterocycles. The van der Waals surface area contributed by atoms with Crippen molar-refractivity contribution in [3.05, 3.63) is 92.4 Å². The van der Waals surface area contributed by atoms with E-state index in [0.717, 1.165) is 11.1 Å². The molecule has 1 atom stereocenters. The summed E-state index contributed by atoms with van der Waals surface area (Å²) >= 11 is 7.03. The Morgan fingerprint density at radius 3 is 2.22 bits per heavy atom. The molecule has 0 unspecified atom stereocenters. The number of hydrazone groups is 1. The summed E-state index contributed by atoms with van der Waals surface area (Å²) < 4.78 is 35.4. The average Bonchev–Trinajstić information content (AvgIpc) is 2.83. The highest BCUT2D eigenvalue weighted by molar-refractivity contribution is 9.11. The number of nitrogens with one attached hydrogen (secondary N) is 2. The summed E-state index contributed by atoms with van der Waals surface area (Å²) in [6.45, 7) is 5.80. The number of hydrogen-bond donors (Lipinski definition) is 2. The summed E-state index contributed by atoms with van der Waals surface area (Å²) in [5.41, 5.74) is 5.12. The second-order valence-corrected chi connectivity index (χ2v) is 11.9. The third-order valence-electron chi connectivity index (χ3n) is 5.20. The minimum atomic E-state index is -3.87. The van der Waals surface area contributed by atoms with Crippen molar-refractivity contribution in [1.29, 1.82) is 0 Å². The molecule has 190 valence electrons. The molecule has 1 amide bonds. The minimum absolute atomic E-state index is 0.0966. The van der Waals surface area contributed by atoms with E-state index >= 15 is 0 Å². The van der Waals surface area contributed by atoms with Gasteiger partial charge in [0.1, 0.15) is 18.4 Å². The Bertz CT molecular complexity index is 1310. The molecule has 0 radical (unpaired) electrons. The quantitative estimate of drug-likeness (QED) is 0.225. The highest BCUT2D eigenvalue weighted by Crippen LogP contribution is 2.35. The Balaban J connectivity index is 1.65. The predicted molar refractivity (Wildman–Crippen MR) is 148 cm³/mol. The lowest BCUT2D eigenvalue weighted by molar-refractivity contribution is -0.123. The van der Waals surface area contributed by atoms with Crippen molar-refractivity contribution in [3.8, 4) is 5.75 Å². The van der Waals surface area contributed by atoms with Gasteiger partial charge in [0.05, 0.1) is 20.1 Å². The van der Waals surface area contributed by atoms with E-state index in [1.807, 2.05) is 37.3 Å². The van der Waals surface area contributed by atoms with Crippen LogP contribution < -0.4 is 14.9 Å². The Morgan fingerprint density at radius 1 is 1.03 bits per heavy atom. The van der Waals surface area contributed by atoms with Gasteiger partial charge >= 0.3 is 0 Å². The molecule has 0 aliphatic rings. The van der Waals surface area contributed by atoms with Crippen LogP contribution in [-0.4, -0.2) is 26.6 Å². The number of carbonyl (C=O) groups is 1. The smallest absolute Gasteiger partial charge is 0.258 e. The summed E-state index contributed by atoms with van der Waals surface area (Å²) in [4.78, 5) is 12.9. The third kappa shape index (κ3) is 7.73. The fraction of sp³-hybridized carbons (Fsp3) is 0.231. The van der Waals surface area contributed by atoms with E-state index < -0.39 is 22.0 Å². The van der Waals surface area contributed by atoms with Crippen molar-refractivity contribution in [1.82, 2.24) is 10.1 Å². The SMILES string of the molecule is Cc1ccc(S(=O)(=O)N[C@H](C(=O)N/N=C\c2cc(Br)c(OCc3ccccc3)c(Br)c2)C(C)C)cc1. The zero-order valence-electron chi connectivity index (χ0n) is 20.0. The van der Waals surface area contributed by atoms with Crippen molar-refractivity contribution in [2.24, 2.45) is 11.0 Å². The van der Waals surface area contributed by atoms with Gasteiger partial charge in [-0.15, -0.1) is 0 Å². The Kier molecular flexibility index (Phi) is 9.84. The van der Waals surface area contributed by atoms with E-state index in [4.69, 9.17) is 4.74 Å². The number of rotatable bonds is 10. The lowest BCUT2D eigenvalue weighted by Crippen LogP contribution is -2.48. The molecule has 0 spiro atoms. The topological polar surface area (TPSA) is 96.9 Å². The number of sulfonamides is 1. The van der Waals surface area contributed by atoms with Gasteiger partial charge in [0, 0.05) is 0 Å². The van der Waals surface area contributed by atoms with Crippen molar-refractivity contribution in [2.75, 3.05) is 0 Å². The van der Waals surface area contributed by atoms with Gasteiger partial charge < -0.3 is 4.74 Å². The summed E-state index contributed by atoms with van der Waals surface area (Å²) in [5.74, 6) is -0.215. The van der Waals surface area contributed by atoms with Crippen LogP contribution in [0.1, 0.15) is 30.5 Å². The van der Waals surface area contributed by atoms with Crippen molar-refractivity contribution in [3.63, 3.8) is 0 Å². The molecule has 3 aromatic rings. The summed E-state index contributed by atoms with van der Waals surface area (Å²) in [7, 11) is -3.87. The summed E-state index contributed by atoms with van der Waals surface area (Å²) in [6, 6.07) is 18.9. The van der Waals surface area contributed by atoms with Crippen molar-refractivity contribution < 1.29 is 17.9 Å². The van der Waals surface area contributed by atoms with Gasteiger partial charge in [0.2, 0.25) is 10.0 Å². The zero-order valence-corrected chi connectivity index (χ0v) is 24.0. The van der Waals surface area contributed by atoms with E-state index in [0.29, 0.717) is 26.9 Å². The van der Waals surface area contributed by atoms with Crippen LogP contribution in [0.4, 0.5) is 0 Å². The number of halogens is 2. The van der Waals surface area contributed by atoms with Gasteiger partial charge in [-0.05, 0) is 80.1 Å². The number of aryl methyl sites for hydroxylation is 1. The molecule has 0 fully saturated rings. The van der Waals surface area contributed by atoms with Crippen LogP contribution in [0.15, 0.2) is 85.7 Å². The third-order valence-corrected chi connectivity index (χ3v) is 7.83. The first-order valence-corrected chi connectivity index (χ1v) is 14.2. The standard InChI is InChI=1S/C26H27Br2N3O4S/c1-17(2)24(31-36(33,34)21-11-9-18(3)10-12-21)26(32)30-29-15-20-13-22(27)25(23(28)14-20)35-16-19-7-5-4-6-8-19/h4-15,17,24,31H,16H2,1-3H3,(H,30,32)/b29-15-/t24-/m0/s1. The molecule has 3 aromatic carbocycles. The zero-order chi connectivity index (χ0) is 26.3. The monoisotopic (exact) mass is 635 g/mol. The van der Waals surface area contributed by atoms with E-state index in [9.17, 15) is 13.2 Å². The number of amides is 1. The molecule has 36 heavy (non-hydrogen) atoms. The predicted octanol–water partition coefficient (Wildman–Crippen LogP) is 5.55. The lowest BCUT2D eigenvalue weighted by atomic mass is 10.1. The largest absolute Gasteiger partial charge is 0.487 e.